The van der Waals surface area contributed by atoms with E-state index in [1.54, 1.807) is 0 Å². The highest BCUT2D eigenvalue weighted by Gasteiger charge is 2.15. The number of benzene rings is 1. The van der Waals surface area contributed by atoms with E-state index in [1.165, 1.54) is 0 Å². The average Bonchev–Trinajstić information content (AvgIpc) is 2.29. The second-order valence-corrected chi connectivity index (χ2v) is 4.12. The van der Waals surface area contributed by atoms with E-state index in [4.69, 9.17) is 0 Å². The predicted octanol–water partition coefficient (Wildman–Crippen LogP) is 1.51. The van der Waals surface area contributed by atoms with Crippen molar-refractivity contribution in [1.82, 2.24) is 10.2 Å². The Morgan fingerprint density at radius 2 is 1.88 bits per heavy atom. The van der Waals surface area contributed by atoms with Gasteiger partial charge in [-0.3, -0.25) is 4.79 Å². The van der Waals surface area contributed by atoms with Crippen LogP contribution in [0.2, 0.25) is 0 Å². The van der Waals surface area contributed by atoms with Gasteiger partial charge in [-0.2, -0.15) is 0 Å². The number of nitrogens with zero attached hydrogens (tertiary/aromatic N) is 1. The smallest absolute Gasteiger partial charge is 0.253 e. The van der Waals surface area contributed by atoms with Gasteiger partial charge in [-0.15, -0.1) is 0 Å². The Morgan fingerprint density at radius 1 is 1.06 bits per heavy atom. The second-order valence-electron chi connectivity index (χ2n) is 4.12. The Kier molecular flexibility index (Phi) is 3.94. The van der Waals surface area contributed by atoms with Crippen molar-refractivity contribution in [3.63, 3.8) is 0 Å². The van der Waals surface area contributed by atoms with Gasteiger partial charge < -0.3 is 10.2 Å². The van der Waals surface area contributed by atoms with Gasteiger partial charge in [-0.05, 0) is 31.5 Å². The third-order valence-electron chi connectivity index (χ3n) is 2.90. The standard InChI is InChI=1S/C13H18N2O/c16-13(12-6-2-1-3-7-12)15-10-5-4-8-14-9-11-15/h1-3,6-7,14H,4-5,8-11H2. The van der Waals surface area contributed by atoms with Crippen LogP contribution >= 0.6 is 0 Å². The lowest BCUT2D eigenvalue weighted by atomic mass is 10.1. The van der Waals surface area contributed by atoms with E-state index >= 15 is 0 Å². The fraction of sp³-hybridized carbons (Fsp3) is 0.462. The third-order valence-corrected chi connectivity index (χ3v) is 2.90. The topological polar surface area (TPSA) is 32.3 Å². The first kappa shape index (κ1) is 11.1. The van der Waals surface area contributed by atoms with Crippen LogP contribution in [-0.4, -0.2) is 37.0 Å². The van der Waals surface area contributed by atoms with Crippen molar-refractivity contribution >= 4 is 5.91 Å². The minimum atomic E-state index is 0.157. The molecule has 0 spiro atoms. The van der Waals surface area contributed by atoms with Crippen molar-refractivity contribution in [1.29, 1.82) is 0 Å². The Morgan fingerprint density at radius 3 is 2.69 bits per heavy atom. The van der Waals surface area contributed by atoms with Crippen molar-refractivity contribution in [2.45, 2.75) is 12.8 Å². The number of amides is 1. The van der Waals surface area contributed by atoms with Crippen LogP contribution in [0.4, 0.5) is 0 Å². The van der Waals surface area contributed by atoms with Gasteiger partial charge in [-0.25, -0.2) is 0 Å². The van der Waals surface area contributed by atoms with Gasteiger partial charge in [0.15, 0.2) is 0 Å². The molecule has 0 saturated carbocycles. The number of hydrogen-bond acceptors (Lipinski definition) is 2. The molecule has 1 heterocycles. The van der Waals surface area contributed by atoms with Crippen molar-refractivity contribution in [3.8, 4) is 0 Å². The molecule has 1 amide bonds. The highest BCUT2D eigenvalue weighted by molar-refractivity contribution is 5.94. The summed E-state index contributed by atoms with van der Waals surface area (Å²) < 4.78 is 0. The monoisotopic (exact) mass is 218 g/mol. The molecular formula is C13H18N2O. The Labute approximate surface area is 96.5 Å². The molecule has 0 radical (unpaired) electrons. The zero-order chi connectivity index (χ0) is 11.2. The molecule has 0 aliphatic carbocycles. The zero-order valence-corrected chi connectivity index (χ0v) is 9.48. The van der Waals surface area contributed by atoms with Gasteiger partial charge in [0, 0.05) is 25.2 Å². The van der Waals surface area contributed by atoms with Crippen LogP contribution in [0.3, 0.4) is 0 Å². The van der Waals surface area contributed by atoms with Crippen molar-refractivity contribution in [2.75, 3.05) is 26.2 Å². The summed E-state index contributed by atoms with van der Waals surface area (Å²) in [5.74, 6) is 0.157. The minimum Gasteiger partial charge on any atom is -0.337 e. The first-order valence-corrected chi connectivity index (χ1v) is 5.93. The van der Waals surface area contributed by atoms with Gasteiger partial charge in [0.05, 0.1) is 0 Å². The van der Waals surface area contributed by atoms with Crippen molar-refractivity contribution in [2.24, 2.45) is 0 Å². The van der Waals surface area contributed by atoms with Crippen LogP contribution in [0.15, 0.2) is 30.3 Å². The molecule has 1 aromatic rings. The number of carbonyl (C=O) groups is 1. The van der Waals surface area contributed by atoms with E-state index in [0.717, 1.165) is 44.6 Å². The number of nitrogens with one attached hydrogen (secondary N) is 1. The van der Waals surface area contributed by atoms with Gasteiger partial charge in [0.2, 0.25) is 0 Å². The molecule has 0 unspecified atom stereocenters. The molecule has 1 fully saturated rings. The molecule has 1 aliphatic heterocycles. The molecule has 0 atom stereocenters. The van der Waals surface area contributed by atoms with Gasteiger partial charge in [-0.1, -0.05) is 18.2 Å². The Balaban J connectivity index is 2.02. The fourth-order valence-corrected chi connectivity index (χ4v) is 1.97. The van der Waals surface area contributed by atoms with Crippen molar-refractivity contribution < 1.29 is 4.79 Å². The molecule has 0 bridgehead atoms. The van der Waals surface area contributed by atoms with E-state index in [2.05, 4.69) is 5.32 Å². The lowest BCUT2D eigenvalue weighted by Gasteiger charge is -2.25. The minimum absolute atomic E-state index is 0.157. The van der Waals surface area contributed by atoms with E-state index < -0.39 is 0 Å². The first-order chi connectivity index (χ1) is 7.88. The number of carbonyl (C=O) groups excluding carboxylic acids is 1. The first-order valence-electron chi connectivity index (χ1n) is 5.93. The molecule has 1 saturated heterocycles. The molecule has 1 N–H and O–H groups in total. The number of rotatable bonds is 1. The molecule has 1 aliphatic rings. The maximum atomic E-state index is 12.2. The fourth-order valence-electron chi connectivity index (χ4n) is 1.97. The van der Waals surface area contributed by atoms with E-state index in [1.807, 2.05) is 35.2 Å². The number of hydrogen-bond donors (Lipinski definition) is 1. The predicted molar refractivity (Wildman–Crippen MR) is 64.4 cm³/mol. The summed E-state index contributed by atoms with van der Waals surface area (Å²) >= 11 is 0. The largest absolute Gasteiger partial charge is 0.337 e. The maximum Gasteiger partial charge on any atom is 0.253 e. The van der Waals surface area contributed by atoms with Crippen LogP contribution < -0.4 is 5.32 Å². The SMILES string of the molecule is O=C(c1ccccc1)N1CCCCNCC1. The summed E-state index contributed by atoms with van der Waals surface area (Å²) in [5, 5.41) is 3.33. The highest BCUT2D eigenvalue weighted by atomic mass is 16.2. The molecule has 2 rings (SSSR count). The van der Waals surface area contributed by atoms with Crippen molar-refractivity contribution in [3.05, 3.63) is 35.9 Å². The summed E-state index contributed by atoms with van der Waals surface area (Å²) in [6.45, 7) is 3.68. The molecule has 1 aromatic carbocycles. The average molecular weight is 218 g/mol. The lowest BCUT2D eigenvalue weighted by molar-refractivity contribution is 0.0748. The van der Waals surface area contributed by atoms with Crippen LogP contribution in [0, 0.1) is 0 Å². The van der Waals surface area contributed by atoms with Crippen LogP contribution in [0.1, 0.15) is 23.2 Å². The second kappa shape index (κ2) is 5.66. The summed E-state index contributed by atoms with van der Waals surface area (Å²) in [4.78, 5) is 14.1. The quantitative estimate of drug-likeness (QED) is 0.775. The van der Waals surface area contributed by atoms with E-state index in [9.17, 15) is 4.79 Å². The Bertz CT molecular complexity index is 329. The maximum absolute atomic E-state index is 12.2. The normalized spacial score (nSPS) is 17.6. The van der Waals surface area contributed by atoms with Gasteiger partial charge >= 0.3 is 0 Å². The summed E-state index contributed by atoms with van der Waals surface area (Å²) in [5.41, 5.74) is 0.795. The third kappa shape index (κ3) is 2.83. The lowest BCUT2D eigenvalue weighted by Crippen LogP contribution is -2.39. The summed E-state index contributed by atoms with van der Waals surface area (Å²) in [7, 11) is 0. The Hall–Kier alpha value is -1.35. The molecule has 86 valence electrons. The summed E-state index contributed by atoms with van der Waals surface area (Å²) in [6.07, 6.45) is 2.24. The van der Waals surface area contributed by atoms with Crippen LogP contribution in [-0.2, 0) is 0 Å². The molecule has 3 heteroatoms. The molecule has 3 nitrogen and oxygen atoms in total. The molecular weight excluding hydrogens is 200 g/mol. The van der Waals surface area contributed by atoms with E-state index in [-0.39, 0.29) is 5.91 Å². The zero-order valence-electron chi connectivity index (χ0n) is 9.48. The highest BCUT2D eigenvalue weighted by Crippen LogP contribution is 2.06. The van der Waals surface area contributed by atoms with Crippen LogP contribution in [0.5, 0.6) is 0 Å². The molecule has 16 heavy (non-hydrogen) atoms. The molecule has 0 aromatic heterocycles. The summed E-state index contributed by atoms with van der Waals surface area (Å²) in [6, 6.07) is 9.53. The van der Waals surface area contributed by atoms with E-state index in [0.29, 0.717) is 0 Å². The van der Waals surface area contributed by atoms with Crippen LogP contribution in [0.25, 0.3) is 0 Å². The van der Waals surface area contributed by atoms with Gasteiger partial charge in [0.25, 0.3) is 5.91 Å². The van der Waals surface area contributed by atoms with Gasteiger partial charge in [0.1, 0.15) is 0 Å².